The summed E-state index contributed by atoms with van der Waals surface area (Å²) in [6, 6.07) is 16.0. The van der Waals surface area contributed by atoms with Crippen molar-refractivity contribution in [3.05, 3.63) is 59.7 Å². The molecule has 0 fully saturated rings. The molecule has 0 bridgehead atoms. The zero-order valence-corrected chi connectivity index (χ0v) is 9.51. The average Bonchev–Trinajstić information content (AvgIpc) is 2.28. The van der Waals surface area contributed by atoms with Crippen molar-refractivity contribution in [2.24, 2.45) is 10.2 Å². The summed E-state index contributed by atoms with van der Waals surface area (Å²) >= 11 is 0. The second kappa shape index (κ2) is 4.71. The highest BCUT2D eigenvalue weighted by molar-refractivity contribution is 5.42. The van der Waals surface area contributed by atoms with E-state index in [0.29, 0.717) is 0 Å². The van der Waals surface area contributed by atoms with E-state index in [4.69, 9.17) is 0 Å². The summed E-state index contributed by atoms with van der Waals surface area (Å²) in [7, 11) is 0. The van der Waals surface area contributed by atoms with Gasteiger partial charge >= 0.3 is 0 Å². The van der Waals surface area contributed by atoms with E-state index in [2.05, 4.69) is 17.2 Å². The number of hydrogen-bond acceptors (Lipinski definition) is 2. The lowest BCUT2D eigenvalue weighted by atomic mass is 10.2. The first-order chi connectivity index (χ1) is 7.74. The molecular weight excluding hydrogens is 196 g/mol. The van der Waals surface area contributed by atoms with Crippen molar-refractivity contribution in [2.45, 2.75) is 13.8 Å². The molecule has 0 saturated carbocycles. The lowest BCUT2D eigenvalue weighted by Gasteiger charge is -1.95. The molecule has 0 unspecified atom stereocenters. The predicted octanol–water partition coefficient (Wildman–Crippen LogP) is 4.72. The average molecular weight is 210 g/mol. The Hall–Kier alpha value is -1.96. The van der Waals surface area contributed by atoms with E-state index in [1.165, 1.54) is 11.1 Å². The van der Waals surface area contributed by atoms with Crippen LogP contribution < -0.4 is 0 Å². The third kappa shape index (κ3) is 2.76. The molecule has 0 aromatic heterocycles. The summed E-state index contributed by atoms with van der Waals surface area (Å²) in [5.41, 5.74) is 4.20. The van der Waals surface area contributed by atoms with Crippen LogP contribution in [-0.2, 0) is 0 Å². The maximum absolute atomic E-state index is 4.19. The van der Waals surface area contributed by atoms with Gasteiger partial charge in [-0.3, -0.25) is 0 Å². The van der Waals surface area contributed by atoms with E-state index in [1.807, 2.05) is 55.5 Å². The normalized spacial score (nSPS) is 10.9. The Morgan fingerprint density at radius 3 is 2.06 bits per heavy atom. The standard InChI is InChI=1S/C14H14N2/c1-11-6-8-13(9-7-11)15-16-14-5-3-4-12(2)10-14/h3-10H,1-2H3/b16-15+. The quantitative estimate of drug-likeness (QED) is 0.641. The first-order valence-corrected chi connectivity index (χ1v) is 5.29. The summed E-state index contributed by atoms with van der Waals surface area (Å²) in [6.07, 6.45) is 0. The van der Waals surface area contributed by atoms with Crippen molar-refractivity contribution < 1.29 is 0 Å². The first-order valence-electron chi connectivity index (χ1n) is 5.29. The van der Waals surface area contributed by atoms with E-state index < -0.39 is 0 Å². The van der Waals surface area contributed by atoms with Gasteiger partial charge < -0.3 is 0 Å². The molecule has 2 aromatic carbocycles. The monoisotopic (exact) mass is 210 g/mol. The second-order valence-electron chi connectivity index (χ2n) is 3.87. The molecule has 0 aliphatic rings. The van der Waals surface area contributed by atoms with Crippen LogP contribution in [-0.4, -0.2) is 0 Å². The third-order valence-electron chi connectivity index (χ3n) is 2.32. The molecule has 2 nitrogen and oxygen atoms in total. The molecule has 0 aliphatic carbocycles. The number of azo groups is 1. The molecule has 16 heavy (non-hydrogen) atoms. The minimum absolute atomic E-state index is 0.882. The van der Waals surface area contributed by atoms with E-state index in [1.54, 1.807) is 0 Å². The van der Waals surface area contributed by atoms with Crippen molar-refractivity contribution in [3.8, 4) is 0 Å². The number of benzene rings is 2. The molecular formula is C14H14N2. The summed E-state index contributed by atoms with van der Waals surface area (Å²) < 4.78 is 0. The largest absolute Gasteiger partial charge is 0.151 e. The number of aryl methyl sites for hydroxylation is 2. The fourth-order valence-electron chi connectivity index (χ4n) is 1.42. The highest BCUT2D eigenvalue weighted by Gasteiger charge is 1.91. The molecule has 0 N–H and O–H groups in total. The summed E-state index contributed by atoms with van der Waals surface area (Å²) in [5.74, 6) is 0. The van der Waals surface area contributed by atoms with Gasteiger partial charge in [0.05, 0.1) is 11.4 Å². The zero-order chi connectivity index (χ0) is 11.4. The molecule has 80 valence electrons. The van der Waals surface area contributed by atoms with E-state index in [9.17, 15) is 0 Å². The molecule has 0 spiro atoms. The van der Waals surface area contributed by atoms with Gasteiger partial charge in [0, 0.05) is 0 Å². The molecule has 0 saturated heterocycles. The van der Waals surface area contributed by atoms with Crippen molar-refractivity contribution in [1.82, 2.24) is 0 Å². The number of rotatable bonds is 2. The minimum Gasteiger partial charge on any atom is -0.151 e. The summed E-state index contributed by atoms with van der Waals surface area (Å²) in [4.78, 5) is 0. The fraction of sp³-hybridized carbons (Fsp3) is 0.143. The Labute approximate surface area is 95.7 Å². The number of hydrogen-bond donors (Lipinski definition) is 0. The van der Waals surface area contributed by atoms with Crippen LogP contribution in [0.4, 0.5) is 11.4 Å². The van der Waals surface area contributed by atoms with Crippen molar-refractivity contribution in [3.63, 3.8) is 0 Å². The van der Waals surface area contributed by atoms with E-state index in [0.717, 1.165) is 11.4 Å². The van der Waals surface area contributed by atoms with Crippen molar-refractivity contribution >= 4 is 11.4 Å². The van der Waals surface area contributed by atoms with Gasteiger partial charge in [0.1, 0.15) is 0 Å². The highest BCUT2D eigenvalue weighted by Crippen LogP contribution is 2.19. The maximum atomic E-state index is 4.19. The van der Waals surface area contributed by atoms with Crippen LogP contribution in [0, 0.1) is 13.8 Å². The Morgan fingerprint density at radius 2 is 1.38 bits per heavy atom. The van der Waals surface area contributed by atoms with Gasteiger partial charge in [0.25, 0.3) is 0 Å². The highest BCUT2D eigenvalue weighted by atomic mass is 15.1. The number of nitrogens with zero attached hydrogens (tertiary/aromatic N) is 2. The summed E-state index contributed by atoms with van der Waals surface area (Å²) in [6.45, 7) is 4.10. The lowest BCUT2D eigenvalue weighted by molar-refractivity contribution is 1.22. The molecule has 0 radical (unpaired) electrons. The lowest BCUT2D eigenvalue weighted by Crippen LogP contribution is -1.70. The van der Waals surface area contributed by atoms with Crippen LogP contribution in [0.5, 0.6) is 0 Å². The van der Waals surface area contributed by atoms with Crippen LogP contribution in [0.15, 0.2) is 58.8 Å². The van der Waals surface area contributed by atoms with Crippen molar-refractivity contribution in [2.75, 3.05) is 0 Å². The Morgan fingerprint density at radius 1 is 0.688 bits per heavy atom. The molecule has 0 heterocycles. The van der Waals surface area contributed by atoms with Gasteiger partial charge in [-0.05, 0) is 43.7 Å². The van der Waals surface area contributed by atoms with E-state index in [-0.39, 0.29) is 0 Å². The van der Waals surface area contributed by atoms with Gasteiger partial charge in [-0.2, -0.15) is 10.2 Å². The zero-order valence-electron chi connectivity index (χ0n) is 9.51. The topological polar surface area (TPSA) is 24.7 Å². The van der Waals surface area contributed by atoms with Gasteiger partial charge in [-0.25, -0.2) is 0 Å². The summed E-state index contributed by atoms with van der Waals surface area (Å²) in [5, 5.41) is 8.38. The molecule has 0 amide bonds. The SMILES string of the molecule is Cc1ccc(/N=N/c2cccc(C)c2)cc1. The molecule has 0 atom stereocenters. The van der Waals surface area contributed by atoms with Gasteiger partial charge in [-0.15, -0.1) is 0 Å². The van der Waals surface area contributed by atoms with E-state index >= 15 is 0 Å². The van der Waals surface area contributed by atoms with Crippen LogP contribution in [0.3, 0.4) is 0 Å². The molecule has 2 heteroatoms. The Kier molecular flexibility index (Phi) is 3.10. The van der Waals surface area contributed by atoms with Crippen LogP contribution in [0.1, 0.15) is 11.1 Å². The Balaban J connectivity index is 2.18. The minimum atomic E-state index is 0.882. The van der Waals surface area contributed by atoms with Crippen LogP contribution >= 0.6 is 0 Å². The van der Waals surface area contributed by atoms with Crippen molar-refractivity contribution in [1.29, 1.82) is 0 Å². The molecule has 2 aromatic rings. The fourth-order valence-corrected chi connectivity index (χ4v) is 1.42. The van der Waals surface area contributed by atoms with Crippen LogP contribution in [0.2, 0.25) is 0 Å². The van der Waals surface area contributed by atoms with Crippen LogP contribution in [0.25, 0.3) is 0 Å². The molecule has 2 rings (SSSR count). The third-order valence-corrected chi connectivity index (χ3v) is 2.32. The first kappa shape index (κ1) is 10.6. The van der Waals surface area contributed by atoms with Gasteiger partial charge in [0.2, 0.25) is 0 Å². The smallest absolute Gasteiger partial charge is 0.0859 e. The molecule has 0 aliphatic heterocycles. The Bertz CT molecular complexity index is 498. The second-order valence-corrected chi connectivity index (χ2v) is 3.87. The predicted molar refractivity (Wildman–Crippen MR) is 66.5 cm³/mol. The maximum Gasteiger partial charge on any atom is 0.0859 e. The van der Waals surface area contributed by atoms with Gasteiger partial charge in [-0.1, -0.05) is 29.8 Å². The van der Waals surface area contributed by atoms with Gasteiger partial charge in [0.15, 0.2) is 0 Å².